The van der Waals surface area contributed by atoms with Gasteiger partial charge in [0.25, 0.3) is 11.8 Å². The second kappa shape index (κ2) is 20.6. The molecule has 12 nitrogen and oxygen atoms in total. The maximum atomic E-state index is 14.3. The number of rotatable bonds is 0. The Labute approximate surface area is 459 Å². The van der Waals surface area contributed by atoms with Crippen LogP contribution in [-0.2, 0) is 66.5 Å². The summed E-state index contributed by atoms with van der Waals surface area (Å²) >= 11 is 12.9. The van der Waals surface area contributed by atoms with E-state index < -0.39 is 47.9 Å². The molecular weight excluding hydrogens is 1000 g/mol. The molecule has 0 spiro atoms. The van der Waals surface area contributed by atoms with Crippen LogP contribution in [0.2, 0.25) is 10.0 Å². The summed E-state index contributed by atoms with van der Waals surface area (Å²) in [6.45, 7) is 30.6. The van der Waals surface area contributed by atoms with Crippen LogP contribution in [-0.4, -0.2) is 58.1 Å². The van der Waals surface area contributed by atoms with Gasteiger partial charge in [0, 0.05) is 25.7 Å². The Bertz CT molecular complexity index is 2860. The van der Waals surface area contributed by atoms with E-state index in [1.54, 1.807) is 0 Å². The number of fused-ring (bicyclic) bond motifs is 12. The highest BCUT2D eigenvalue weighted by Gasteiger charge is 2.35. The van der Waals surface area contributed by atoms with Crippen LogP contribution in [0.25, 0.3) is 0 Å². The number of nitrogens with one attached hydrogen (secondary N) is 4. The predicted molar refractivity (Wildman–Crippen MR) is 304 cm³/mol. The number of hydrogen-bond acceptors (Lipinski definition) is 8. The van der Waals surface area contributed by atoms with E-state index in [0.29, 0.717) is 56.0 Å². The monoisotopic (exact) mass is 1070 g/mol. The van der Waals surface area contributed by atoms with Gasteiger partial charge in [0.1, 0.15) is 34.1 Å². The van der Waals surface area contributed by atoms with E-state index in [9.17, 15) is 29.4 Å². The topological polar surface area (TPSA) is 175 Å². The molecule has 5 aromatic carbocycles. The Morgan fingerprint density at radius 2 is 0.658 bits per heavy atom. The number of carbonyl (C=O) groups excluding carboxylic acids is 4. The fourth-order valence-electron chi connectivity index (χ4n) is 9.49. The lowest BCUT2D eigenvalue weighted by molar-refractivity contribution is -0.130. The minimum absolute atomic E-state index is 0.0743. The summed E-state index contributed by atoms with van der Waals surface area (Å²) in [5.74, 6) is -1.58. The fraction of sp³-hybridized carbons (Fsp3) is 0.452. The first-order valence-electron chi connectivity index (χ1n) is 25.9. The Kier molecular flexibility index (Phi) is 15.6. The van der Waals surface area contributed by atoms with Crippen LogP contribution in [0.3, 0.4) is 0 Å². The first-order chi connectivity index (χ1) is 34.9. The number of aromatic hydroxyl groups is 2. The Morgan fingerprint density at radius 1 is 0.421 bits per heavy atom. The fourth-order valence-corrected chi connectivity index (χ4v) is 9.81. The first-order valence-corrected chi connectivity index (χ1v) is 26.7. The molecule has 0 atom stereocenters. The highest BCUT2D eigenvalue weighted by atomic mass is 35.5. The van der Waals surface area contributed by atoms with Crippen molar-refractivity contribution in [2.24, 2.45) is 0 Å². The van der Waals surface area contributed by atoms with E-state index in [1.165, 1.54) is 39.8 Å². The van der Waals surface area contributed by atoms with Crippen LogP contribution in [0, 0.1) is 0 Å². The van der Waals surface area contributed by atoms with Gasteiger partial charge in [-0.15, -0.1) is 0 Å². The molecule has 3 aliphatic rings. The third kappa shape index (κ3) is 12.8. The average Bonchev–Trinajstić information content (AvgIpc) is 3.27. The second-order valence-electron chi connectivity index (χ2n) is 25.9. The molecule has 76 heavy (non-hydrogen) atoms. The van der Waals surface area contributed by atoms with E-state index in [1.807, 2.05) is 24.3 Å². The summed E-state index contributed by atoms with van der Waals surface area (Å²) < 4.78 is 13.5. The second-order valence-corrected chi connectivity index (χ2v) is 26.7. The number of anilines is 2. The molecule has 4 amide bonds. The Balaban J connectivity index is 1.56. The molecule has 6 N–H and O–H groups in total. The molecule has 0 saturated carbocycles. The van der Waals surface area contributed by atoms with Crippen LogP contribution < -0.4 is 30.7 Å². The SMILES string of the molecule is CC1(C)NC(=O)COc2c3cc(C(C)(C)C)cc2Cc2cc(C(C)(C)C)cc(c2O)Cc2cc(C(C)(C)C)cc(c2OCC(=O)NC(C)(C)C(=O)Nc2cc(Cl)c(Cl)cc2NC1=O)Cc1cc(C(C)(C)C)cc(c1O)C3. The lowest BCUT2D eigenvalue weighted by Crippen LogP contribution is -2.54. The number of carbonyl (C=O) groups is 4. The lowest BCUT2D eigenvalue weighted by Gasteiger charge is -2.28. The molecule has 8 rings (SSSR count). The van der Waals surface area contributed by atoms with Gasteiger partial charge in [-0.05, 0) is 128 Å². The lowest BCUT2D eigenvalue weighted by atomic mass is 9.79. The summed E-state index contributed by atoms with van der Waals surface area (Å²) in [5.41, 5.74) is 4.79. The van der Waals surface area contributed by atoms with Gasteiger partial charge in [0.15, 0.2) is 13.2 Å². The van der Waals surface area contributed by atoms with Crippen molar-refractivity contribution >= 4 is 58.2 Å². The van der Waals surface area contributed by atoms with Gasteiger partial charge in [-0.1, -0.05) is 155 Å². The van der Waals surface area contributed by atoms with Crippen LogP contribution in [0.4, 0.5) is 11.4 Å². The maximum absolute atomic E-state index is 14.3. The van der Waals surface area contributed by atoms with Gasteiger partial charge in [-0.2, -0.15) is 0 Å². The molecule has 5 aromatic rings. The summed E-state index contributed by atoms with van der Waals surface area (Å²) in [6.07, 6.45) is 0.758. The van der Waals surface area contributed by atoms with Crippen LogP contribution in [0.1, 0.15) is 178 Å². The molecule has 0 radical (unpaired) electrons. The quantitative estimate of drug-likeness (QED) is 0.0815. The number of halogens is 2. The standard InChI is InChI=1S/C62H76Cl2N4O8/c1-57(2,3)41-21-33-17-37-25-43(59(7,8)9)27-39-19-35-23-42(58(4,5)6)24-36(52(35)72)20-40-28-44(60(10,11)12)26-38(18-34(22-41)51(33)71)54(40)76-32-50(70)68-62(15,16)56(74)66-48-30-46(64)45(63)29-47(48)65-55(73)61(13,14)67-49(69)31-75-53(37)39/h21-30,71-72H,17-20,31-32H2,1-16H3,(H,65,73)(H,66,74)(H,67,69)(H,68,70). The van der Waals surface area contributed by atoms with Gasteiger partial charge in [0.05, 0.1) is 21.4 Å². The third-order valence-electron chi connectivity index (χ3n) is 14.3. The molecule has 0 aromatic heterocycles. The average molecular weight is 1080 g/mol. The van der Waals surface area contributed by atoms with Gasteiger partial charge in [-0.3, -0.25) is 19.2 Å². The molecule has 10 bridgehead atoms. The molecule has 2 heterocycles. The molecule has 1 aliphatic carbocycles. The summed E-state index contributed by atoms with van der Waals surface area (Å²) in [7, 11) is 0. The van der Waals surface area contributed by atoms with Crippen molar-refractivity contribution in [2.75, 3.05) is 23.8 Å². The van der Waals surface area contributed by atoms with Gasteiger partial charge >= 0.3 is 0 Å². The van der Waals surface area contributed by atoms with E-state index in [2.05, 4.69) is 129 Å². The van der Waals surface area contributed by atoms with Crippen molar-refractivity contribution in [3.63, 3.8) is 0 Å². The van der Waals surface area contributed by atoms with Crippen LogP contribution in [0.5, 0.6) is 23.0 Å². The van der Waals surface area contributed by atoms with Gasteiger partial charge < -0.3 is 41.0 Å². The highest BCUT2D eigenvalue weighted by molar-refractivity contribution is 6.42. The van der Waals surface area contributed by atoms with E-state index in [0.717, 1.165) is 22.3 Å². The molecular formula is C62H76Cl2N4O8. The largest absolute Gasteiger partial charge is 0.507 e. The van der Waals surface area contributed by atoms with Crippen LogP contribution in [0.15, 0.2) is 60.7 Å². The number of benzene rings is 5. The van der Waals surface area contributed by atoms with Gasteiger partial charge in [0.2, 0.25) is 11.8 Å². The molecule has 0 fully saturated rings. The van der Waals surface area contributed by atoms with Crippen molar-refractivity contribution in [1.82, 2.24) is 10.6 Å². The zero-order chi connectivity index (χ0) is 56.4. The van der Waals surface area contributed by atoms with E-state index in [-0.39, 0.29) is 80.3 Å². The number of phenolic OH excluding ortho intramolecular Hbond substituents is 2. The zero-order valence-electron chi connectivity index (χ0n) is 47.1. The Morgan fingerprint density at radius 3 is 0.895 bits per heavy atom. The van der Waals surface area contributed by atoms with Gasteiger partial charge in [-0.25, -0.2) is 0 Å². The number of amides is 4. The minimum atomic E-state index is -1.56. The number of hydrogen-bond donors (Lipinski definition) is 6. The van der Waals surface area contributed by atoms with Crippen LogP contribution >= 0.6 is 23.2 Å². The summed E-state index contributed by atoms with van der Waals surface area (Å²) in [5, 5.41) is 36.8. The molecule has 0 saturated heterocycles. The van der Waals surface area contributed by atoms with Crippen molar-refractivity contribution < 1.29 is 38.9 Å². The van der Waals surface area contributed by atoms with E-state index in [4.69, 9.17) is 32.7 Å². The summed E-state index contributed by atoms with van der Waals surface area (Å²) in [4.78, 5) is 56.8. The maximum Gasteiger partial charge on any atom is 0.258 e. The van der Waals surface area contributed by atoms with Crippen molar-refractivity contribution in [3.8, 4) is 23.0 Å². The highest BCUT2D eigenvalue weighted by Crippen LogP contribution is 2.44. The number of ether oxygens (including phenoxy) is 2. The van der Waals surface area contributed by atoms with Crippen molar-refractivity contribution in [2.45, 2.75) is 169 Å². The van der Waals surface area contributed by atoms with E-state index >= 15 is 0 Å². The summed E-state index contributed by atoms with van der Waals surface area (Å²) in [6, 6.07) is 19.1. The molecule has 406 valence electrons. The minimum Gasteiger partial charge on any atom is -0.507 e. The van der Waals surface area contributed by atoms with Crippen molar-refractivity contribution in [1.29, 1.82) is 0 Å². The molecule has 2 aliphatic heterocycles. The smallest absolute Gasteiger partial charge is 0.258 e. The normalized spacial score (nSPS) is 16.8. The first kappa shape index (κ1) is 57.5. The Hall–Kier alpha value is -6.24. The zero-order valence-corrected chi connectivity index (χ0v) is 48.6. The molecule has 0 unspecified atom stereocenters. The molecule has 14 heteroatoms. The number of phenols is 2. The predicted octanol–water partition coefficient (Wildman–Crippen LogP) is 12.4. The third-order valence-corrected chi connectivity index (χ3v) is 15.0. The van der Waals surface area contributed by atoms with Crippen molar-refractivity contribution in [3.05, 3.63) is 137 Å².